The van der Waals surface area contributed by atoms with Crippen LogP contribution in [-0.4, -0.2) is 89.3 Å². The second kappa shape index (κ2) is 11.9. The van der Waals surface area contributed by atoms with Gasteiger partial charge in [-0.15, -0.1) is 24.8 Å². The molecule has 10 heteroatoms. The van der Waals surface area contributed by atoms with Crippen LogP contribution in [0, 0.1) is 0 Å². The van der Waals surface area contributed by atoms with Crippen LogP contribution in [0.3, 0.4) is 0 Å². The standard InChI is InChI=1S/C22H30N4O4.2ClH/c1-24-9-5-8-17(24)22(29)23-14-18-20(21(28)19(15-27)30-18)26-12-10-25(11-13-26)16-6-3-2-4-7-16;;/h2-9,18-21,27-28H,10-15H2,1H3,(H,23,29);2*1H/t18-,19+,20?,21-;;/m1../s1. The van der Waals surface area contributed by atoms with Gasteiger partial charge in [-0.2, -0.15) is 0 Å². The summed E-state index contributed by atoms with van der Waals surface area (Å²) in [6, 6.07) is 13.6. The molecule has 1 aromatic heterocycles. The number of amides is 1. The number of aryl methyl sites for hydroxylation is 1. The number of hydrogen-bond donors (Lipinski definition) is 3. The van der Waals surface area contributed by atoms with Crippen molar-refractivity contribution in [3.63, 3.8) is 0 Å². The van der Waals surface area contributed by atoms with Gasteiger partial charge in [0.2, 0.25) is 0 Å². The van der Waals surface area contributed by atoms with Crippen molar-refractivity contribution in [1.82, 2.24) is 14.8 Å². The Morgan fingerprint density at radius 3 is 2.34 bits per heavy atom. The van der Waals surface area contributed by atoms with Crippen LogP contribution >= 0.6 is 24.8 Å². The summed E-state index contributed by atoms with van der Waals surface area (Å²) in [4.78, 5) is 17.0. The molecule has 3 N–H and O–H groups in total. The van der Waals surface area contributed by atoms with E-state index in [0.29, 0.717) is 5.69 Å². The molecule has 2 aliphatic rings. The van der Waals surface area contributed by atoms with Gasteiger partial charge in [0.05, 0.1) is 18.8 Å². The highest BCUT2D eigenvalue weighted by Gasteiger charge is 2.46. The normalized spacial score (nSPS) is 25.7. The Morgan fingerprint density at radius 2 is 1.75 bits per heavy atom. The molecule has 178 valence electrons. The highest BCUT2D eigenvalue weighted by Crippen LogP contribution is 2.27. The number of carbonyl (C=O) groups excluding carboxylic acids is 1. The first kappa shape index (κ1) is 26.4. The summed E-state index contributed by atoms with van der Waals surface area (Å²) in [7, 11) is 1.82. The van der Waals surface area contributed by atoms with Crippen molar-refractivity contribution in [3.8, 4) is 0 Å². The van der Waals surface area contributed by atoms with Crippen molar-refractivity contribution in [2.24, 2.45) is 7.05 Å². The van der Waals surface area contributed by atoms with Crippen LogP contribution in [0.25, 0.3) is 0 Å². The molecule has 4 rings (SSSR count). The monoisotopic (exact) mass is 486 g/mol. The maximum atomic E-state index is 12.5. The number of nitrogens with zero attached hydrogens (tertiary/aromatic N) is 3. The van der Waals surface area contributed by atoms with Crippen molar-refractivity contribution in [3.05, 3.63) is 54.4 Å². The molecule has 0 bridgehead atoms. The molecular weight excluding hydrogens is 455 g/mol. The van der Waals surface area contributed by atoms with Crippen LogP contribution in [0.4, 0.5) is 5.69 Å². The molecule has 1 aromatic carbocycles. The number of halogens is 2. The Hall–Kier alpha value is -1.81. The van der Waals surface area contributed by atoms with Crippen molar-refractivity contribution < 1.29 is 19.7 Å². The topological polar surface area (TPSA) is 90.2 Å². The molecule has 32 heavy (non-hydrogen) atoms. The van der Waals surface area contributed by atoms with Crippen molar-refractivity contribution in [1.29, 1.82) is 0 Å². The zero-order valence-electron chi connectivity index (χ0n) is 18.0. The Kier molecular flexibility index (Phi) is 9.82. The molecular formula is C22H32Cl2N4O4. The number of anilines is 1. The van der Waals surface area contributed by atoms with Gasteiger partial charge in [-0.25, -0.2) is 0 Å². The number of ether oxygens (including phenoxy) is 1. The molecule has 1 unspecified atom stereocenters. The summed E-state index contributed by atoms with van der Waals surface area (Å²) in [5.74, 6) is -0.180. The number of aromatic nitrogens is 1. The lowest BCUT2D eigenvalue weighted by molar-refractivity contribution is -0.0209. The van der Waals surface area contributed by atoms with E-state index < -0.39 is 12.2 Å². The highest BCUT2D eigenvalue weighted by atomic mass is 35.5. The van der Waals surface area contributed by atoms with Crippen molar-refractivity contribution in [2.75, 3.05) is 44.2 Å². The molecule has 0 aliphatic carbocycles. The summed E-state index contributed by atoms with van der Waals surface area (Å²) in [6.45, 7) is 3.28. The largest absolute Gasteiger partial charge is 0.394 e. The molecule has 4 atom stereocenters. The van der Waals surface area contributed by atoms with E-state index in [1.807, 2.05) is 37.5 Å². The third kappa shape index (κ3) is 5.57. The fourth-order valence-electron chi connectivity index (χ4n) is 4.49. The number of piperazine rings is 1. The fraction of sp³-hybridized carbons (Fsp3) is 0.500. The molecule has 8 nitrogen and oxygen atoms in total. The first-order chi connectivity index (χ1) is 14.6. The van der Waals surface area contributed by atoms with Gasteiger partial charge in [-0.05, 0) is 24.3 Å². The Balaban J connectivity index is 0.00000181. The summed E-state index contributed by atoms with van der Waals surface area (Å²) >= 11 is 0. The van der Waals surface area contributed by atoms with Crippen LogP contribution < -0.4 is 10.2 Å². The van der Waals surface area contributed by atoms with E-state index in [9.17, 15) is 15.0 Å². The maximum Gasteiger partial charge on any atom is 0.267 e. The number of para-hydroxylation sites is 1. The molecule has 0 spiro atoms. The Morgan fingerprint density at radius 1 is 1.06 bits per heavy atom. The average Bonchev–Trinajstić information content (AvgIpc) is 3.35. The van der Waals surface area contributed by atoms with Crippen LogP contribution in [-0.2, 0) is 11.8 Å². The molecule has 0 saturated carbocycles. The lowest BCUT2D eigenvalue weighted by Gasteiger charge is -2.41. The van der Waals surface area contributed by atoms with Gasteiger partial charge < -0.3 is 29.7 Å². The molecule has 2 aromatic rings. The fourth-order valence-corrected chi connectivity index (χ4v) is 4.49. The van der Waals surface area contributed by atoms with Gasteiger partial charge in [0.15, 0.2) is 0 Å². The van der Waals surface area contributed by atoms with E-state index in [-0.39, 0.29) is 56.0 Å². The lowest BCUT2D eigenvalue weighted by Crippen LogP contribution is -2.57. The number of nitrogens with one attached hydrogen (secondary N) is 1. The zero-order chi connectivity index (χ0) is 21.1. The van der Waals surface area contributed by atoms with E-state index in [2.05, 4.69) is 27.2 Å². The predicted molar refractivity (Wildman–Crippen MR) is 128 cm³/mol. The minimum Gasteiger partial charge on any atom is -0.394 e. The average molecular weight is 487 g/mol. The molecule has 2 fully saturated rings. The second-order valence-electron chi connectivity index (χ2n) is 7.95. The summed E-state index contributed by atoms with van der Waals surface area (Å²) < 4.78 is 7.68. The molecule has 2 aliphatic heterocycles. The summed E-state index contributed by atoms with van der Waals surface area (Å²) in [5.41, 5.74) is 1.76. The summed E-state index contributed by atoms with van der Waals surface area (Å²) in [6.07, 6.45) is 0.000566. The van der Waals surface area contributed by atoms with E-state index in [0.717, 1.165) is 26.2 Å². The summed E-state index contributed by atoms with van der Waals surface area (Å²) in [5, 5.41) is 23.3. The number of aliphatic hydroxyl groups excluding tert-OH is 2. The number of hydrogen-bond acceptors (Lipinski definition) is 6. The third-order valence-corrected chi connectivity index (χ3v) is 6.14. The second-order valence-corrected chi connectivity index (χ2v) is 7.95. The Bertz CT molecular complexity index is 845. The van der Waals surface area contributed by atoms with Crippen LogP contribution in [0.15, 0.2) is 48.7 Å². The maximum absolute atomic E-state index is 12.5. The SMILES string of the molecule is Cl.Cl.Cn1cccc1C(=O)NC[C@H]1O[C@@H](CO)[C@@H](O)C1N1CCN(c2ccccc2)CC1. The first-order valence-electron chi connectivity index (χ1n) is 10.5. The molecule has 2 saturated heterocycles. The minimum absolute atomic E-state index is 0. The van der Waals surface area contributed by atoms with Crippen LogP contribution in [0.1, 0.15) is 10.5 Å². The Labute approximate surface area is 201 Å². The van der Waals surface area contributed by atoms with E-state index in [1.165, 1.54) is 5.69 Å². The highest BCUT2D eigenvalue weighted by molar-refractivity contribution is 5.92. The number of aliphatic hydroxyl groups is 2. The lowest BCUT2D eigenvalue weighted by atomic mass is 10.0. The molecule has 3 heterocycles. The van der Waals surface area contributed by atoms with Crippen LogP contribution in [0.2, 0.25) is 0 Å². The van der Waals surface area contributed by atoms with Gasteiger partial charge in [0.1, 0.15) is 17.9 Å². The van der Waals surface area contributed by atoms with Crippen molar-refractivity contribution in [2.45, 2.75) is 24.4 Å². The van der Waals surface area contributed by atoms with E-state index in [4.69, 9.17) is 4.74 Å². The van der Waals surface area contributed by atoms with Gasteiger partial charge in [0, 0.05) is 51.7 Å². The van der Waals surface area contributed by atoms with Gasteiger partial charge >= 0.3 is 0 Å². The minimum atomic E-state index is -0.796. The smallest absolute Gasteiger partial charge is 0.267 e. The van der Waals surface area contributed by atoms with Gasteiger partial charge in [-0.1, -0.05) is 18.2 Å². The number of benzene rings is 1. The van der Waals surface area contributed by atoms with Gasteiger partial charge in [-0.3, -0.25) is 9.69 Å². The third-order valence-electron chi connectivity index (χ3n) is 6.14. The van der Waals surface area contributed by atoms with E-state index >= 15 is 0 Å². The van der Waals surface area contributed by atoms with E-state index in [1.54, 1.807) is 10.6 Å². The van der Waals surface area contributed by atoms with Crippen LogP contribution in [0.5, 0.6) is 0 Å². The number of carbonyl (C=O) groups is 1. The zero-order valence-corrected chi connectivity index (χ0v) is 19.7. The number of rotatable bonds is 6. The van der Waals surface area contributed by atoms with Gasteiger partial charge in [0.25, 0.3) is 5.91 Å². The predicted octanol–water partition coefficient (Wildman–Crippen LogP) is 0.910. The molecule has 0 radical (unpaired) electrons. The quantitative estimate of drug-likeness (QED) is 0.562. The first-order valence-corrected chi connectivity index (χ1v) is 10.5. The van der Waals surface area contributed by atoms with Crippen molar-refractivity contribution >= 4 is 36.4 Å². The molecule has 1 amide bonds.